The molecule has 6 nitrogen and oxygen atoms in total. The Morgan fingerprint density at radius 3 is 2.40 bits per heavy atom. The van der Waals surface area contributed by atoms with E-state index < -0.39 is 5.97 Å². The largest absolute Gasteiger partial charge is 0.478 e. The van der Waals surface area contributed by atoms with E-state index in [0.29, 0.717) is 22.8 Å². The molecule has 0 bridgehead atoms. The van der Waals surface area contributed by atoms with Crippen LogP contribution in [0.2, 0.25) is 10.0 Å². The number of anilines is 1. The molecule has 0 aliphatic carbocycles. The third kappa shape index (κ3) is 4.71. The van der Waals surface area contributed by atoms with Gasteiger partial charge in [-0.3, -0.25) is 4.79 Å². The Bertz CT molecular complexity index is 1090. The number of halogens is 2. The first-order valence-electron chi connectivity index (χ1n) is 9.48. The number of aryl methyl sites for hydroxylation is 1. The lowest BCUT2D eigenvalue weighted by atomic mass is 9.99. The van der Waals surface area contributed by atoms with Gasteiger partial charge in [0.2, 0.25) is 0 Å². The maximum atomic E-state index is 11.9. The SMILES string of the molecule is CC(C)n1ccc(C(=O)O)c1CC(Nc1cc(Cl)c(=O)n(C)c1)c1ccc(Cl)cc1. The molecular weight excluding hydrogens is 425 g/mol. The zero-order chi connectivity index (χ0) is 22.0. The summed E-state index contributed by atoms with van der Waals surface area (Å²) in [6, 6.07) is 10.4. The molecule has 30 heavy (non-hydrogen) atoms. The lowest BCUT2D eigenvalue weighted by Crippen LogP contribution is -2.21. The lowest BCUT2D eigenvalue weighted by Gasteiger charge is -2.23. The number of carboxylic acid groups (broad SMARTS) is 1. The van der Waals surface area contributed by atoms with Crippen molar-refractivity contribution in [3.63, 3.8) is 0 Å². The molecule has 0 aliphatic rings. The van der Waals surface area contributed by atoms with Gasteiger partial charge in [-0.15, -0.1) is 0 Å². The van der Waals surface area contributed by atoms with Crippen LogP contribution in [0.3, 0.4) is 0 Å². The quantitative estimate of drug-likeness (QED) is 0.523. The van der Waals surface area contributed by atoms with Gasteiger partial charge in [-0.05, 0) is 43.7 Å². The average Bonchev–Trinajstić information content (AvgIpc) is 3.10. The molecule has 0 fully saturated rings. The Morgan fingerprint density at radius 1 is 1.17 bits per heavy atom. The third-order valence-electron chi connectivity index (χ3n) is 4.96. The van der Waals surface area contributed by atoms with Crippen molar-refractivity contribution < 1.29 is 9.90 Å². The average molecular weight is 448 g/mol. The first-order chi connectivity index (χ1) is 14.2. The molecular formula is C22H23Cl2N3O3. The highest BCUT2D eigenvalue weighted by Gasteiger charge is 2.22. The second-order valence-corrected chi connectivity index (χ2v) is 8.27. The van der Waals surface area contributed by atoms with Crippen molar-refractivity contribution in [2.45, 2.75) is 32.4 Å². The topological polar surface area (TPSA) is 76.3 Å². The van der Waals surface area contributed by atoms with Crippen molar-refractivity contribution >= 4 is 34.9 Å². The van der Waals surface area contributed by atoms with E-state index in [0.717, 1.165) is 5.56 Å². The van der Waals surface area contributed by atoms with Gasteiger partial charge in [0.25, 0.3) is 5.56 Å². The number of pyridine rings is 1. The van der Waals surface area contributed by atoms with Crippen molar-refractivity contribution in [1.29, 1.82) is 0 Å². The molecule has 2 heterocycles. The number of hydrogen-bond acceptors (Lipinski definition) is 3. The van der Waals surface area contributed by atoms with Crippen LogP contribution in [0.15, 0.2) is 53.6 Å². The molecule has 0 spiro atoms. The summed E-state index contributed by atoms with van der Waals surface area (Å²) in [6.45, 7) is 4.01. The van der Waals surface area contributed by atoms with Crippen LogP contribution in [-0.4, -0.2) is 20.2 Å². The number of nitrogens with one attached hydrogen (secondary N) is 1. The minimum absolute atomic E-state index is 0.103. The van der Waals surface area contributed by atoms with E-state index in [4.69, 9.17) is 23.2 Å². The van der Waals surface area contributed by atoms with E-state index in [1.807, 2.05) is 30.5 Å². The van der Waals surface area contributed by atoms with Crippen LogP contribution in [-0.2, 0) is 13.5 Å². The molecule has 1 aromatic carbocycles. The van der Waals surface area contributed by atoms with Crippen molar-refractivity contribution in [1.82, 2.24) is 9.13 Å². The number of benzene rings is 1. The summed E-state index contributed by atoms with van der Waals surface area (Å²) in [5.41, 5.74) is 2.27. The van der Waals surface area contributed by atoms with Crippen LogP contribution >= 0.6 is 23.2 Å². The van der Waals surface area contributed by atoms with Crippen molar-refractivity contribution in [2.75, 3.05) is 5.32 Å². The normalized spacial score (nSPS) is 12.2. The molecule has 3 aromatic rings. The highest BCUT2D eigenvalue weighted by atomic mass is 35.5. The fourth-order valence-electron chi connectivity index (χ4n) is 3.47. The van der Waals surface area contributed by atoms with Crippen LogP contribution in [0.25, 0.3) is 0 Å². The predicted molar refractivity (Wildman–Crippen MR) is 120 cm³/mol. The standard InChI is InChI=1S/C22H23Cl2N3O3/c1-13(2)27-9-8-17(22(29)30)20(27)11-19(14-4-6-15(23)7-5-14)25-16-10-18(24)21(28)26(3)12-16/h4-10,12-13,19,25H,11H2,1-3H3,(H,29,30). The molecule has 2 aromatic heterocycles. The molecule has 0 radical (unpaired) electrons. The minimum Gasteiger partial charge on any atom is -0.478 e. The summed E-state index contributed by atoms with van der Waals surface area (Å²) < 4.78 is 3.37. The molecule has 0 amide bonds. The van der Waals surface area contributed by atoms with Gasteiger partial charge < -0.3 is 19.6 Å². The Labute approximate surface area is 184 Å². The minimum atomic E-state index is -0.968. The first-order valence-corrected chi connectivity index (χ1v) is 10.2. The maximum Gasteiger partial charge on any atom is 0.337 e. The first kappa shape index (κ1) is 22.0. The molecule has 0 saturated carbocycles. The van der Waals surface area contributed by atoms with Crippen LogP contribution in [0.4, 0.5) is 5.69 Å². The smallest absolute Gasteiger partial charge is 0.337 e. The van der Waals surface area contributed by atoms with Gasteiger partial charge in [-0.25, -0.2) is 4.79 Å². The van der Waals surface area contributed by atoms with Gasteiger partial charge in [0.1, 0.15) is 5.02 Å². The van der Waals surface area contributed by atoms with Gasteiger partial charge in [0.15, 0.2) is 0 Å². The fraction of sp³-hybridized carbons (Fsp3) is 0.273. The monoisotopic (exact) mass is 447 g/mol. The van der Waals surface area contributed by atoms with E-state index in [-0.39, 0.29) is 28.2 Å². The summed E-state index contributed by atoms with van der Waals surface area (Å²) in [6.07, 6.45) is 3.87. The van der Waals surface area contributed by atoms with Gasteiger partial charge in [0.05, 0.1) is 17.3 Å². The van der Waals surface area contributed by atoms with Crippen LogP contribution in [0.1, 0.15) is 47.5 Å². The number of carboxylic acids is 1. The number of aromatic nitrogens is 2. The molecule has 1 unspecified atom stereocenters. The molecule has 0 aliphatic heterocycles. The summed E-state index contributed by atoms with van der Waals surface area (Å²) in [5, 5.41) is 13.8. The number of hydrogen-bond donors (Lipinski definition) is 2. The lowest BCUT2D eigenvalue weighted by molar-refractivity contribution is 0.0695. The fourth-order valence-corrected chi connectivity index (χ4v) is 3.84. The van der Waals surface area contributed by atoms with Gasteiger partial charge >= 0.3 is 5.97 Å². The van der Waals surface area contributed by atoms with Gasteiger partial charge in [-0.2, -0.15) is 0 Å². The van der Waals surface area contributed by atoms with E-state index in [9.17, 15) is 14.7 Å². The highest BCUT2D eigenvalue weighted by Crippen LogP contribution is 2.28. The zero-order valence-electron chi connectivity index (χ0n) is 16.9. The van der Waals surface area contributed by atoms with Gasteiger partial charge in [-0.1, -0.05) is 35.3 Å². The van der Waals surface area contributed by atoms with E-state index in [1.54, 1.807) is 43.7 Å². The third-order valence-corrected chi connectivity index (χ3v) is 5.48. The van der Waals surface area contributed by atoms with Gasteiger partial charge in [0, 0.05) is 42.6 Å². The second kappa shape index (κ2) is 8.98. The Hall–Kier alpha value is -2.70. The number of nitrogens with zero attached hydrogens (tertiary/aromatic N) is 2. The summed E-state index contributed by atoms with van der Waals surface area (Å²) in [5.74, 6) is -0.968. The number of aromatic carboxylic acids is 1. The van der Waals surface area contributed by atoms with Crippen LogP contribution < -0.4 is 10.9 Å². The molecule has 8 heteroatoms. The molecule has 3 rings (SSSR count). The zero-order valence-corrected chi connectivity index (χ0v) is 18.4. The van der Waals surface area contributed by atoms with Crippen molar-refractivity contribution in [3.8, 4) is 0 Å². The van der Waals surface area contributed by atoms with E-state index in [1.165, 1.54) is 4.57 Å². The number of rotatable bonds is 7. The van der Waals surface area contributed by atoms with Crippen LogP contribution in [0, 0.1) is 0 Å². The van der Waals surface area contributed by atoms with Crippen LogP contribution in [0.5, 0.6) is 0 Å². The number of carbonyl (C=O) groups is 1. The molecule has 1 atom stereocenters. The summed E-state index contributed by atoms with van der Waals surface area (Å²) in [7, 11) is 1.63. The maximum absolute atomic E-state index is 11.9. The second-order valence-electron chi connectivity index (χ2n) is 7.43. The molecule has 2 N–H and O–H groups in total. The predicted octanol–water partition coefficient (Wildman–Crippen LogP) is 5.17. The highest BCUT2D eigenvalue weighted by molar-refractivity contribution is 6.30. The van der Waals surface area contributed by atoms with Crippen molar-refractivity contribution in [3.05, 3.63) is 86.0 Å². The van der Waals surface area contributed by atoms with Crippen molar-refractivity contribution in [2.24, 2.45) is 7.05 Å². The van der Waals surface area contributed by atoms with E-state index >= 15 is 0 Å². The Balaban J connectivity index is 2.05. The summed E-state index contributed by atoms with van der Waals surface area (Å²) >= 11 is 12.1. The summed E-state index contributed by atoms with van der Waals surface area (Å²) in [4.78, 5) is 23.7. The van der Waals surface area contributed by atoms with E-state index in [2.05, 4.69) is 5.32 Å². The molecule has 0 saturated heterocycles. The molecule has 158 valence electrons. The Kier molecular flexibility index (Phi) is 6.58. The Morgan fingerprint density at radius 2 is 1.83 bits per heavy atom.